The van der Waals surface area contributed by atoms with Gasteiger partial charge in [0.2, 0.25) is 0 Å². The van der Waals surface area contributed by atoms with E-state index in [-0.39, 0.29) is 0 Å². The number of benzene rings is 1. The normalized spacial score (nSPS) is 12.6. The second-order valence-electron chi connectivity index (χ2n) is 4.55. The minimum Gasteiger partial charge on any atom is -0.348 e. The number of aromatic amines is 1. The van der Waals surface area contributed by atoms with E-state index in [0.717, 1.165) is 29.4 Å². The Kier molecular flexibility index (Phi) is 4.39. The standard InChI is InChI=1S/C14H18ClN3/c1-10(7-12-5-3-4-6-13(12)15)16-8-14-11(2)17-9-18-14/h3-6,9-10,16H,7-8H2,1-2H3,(H,17,18). The lowest BCUT2D eigenvalue weighted by molar-refractivity contribution is 0.540. The quantitative estimate of drug-likeness (QED) is 0.870. The van der Waals surface area contributed by atoms with Gasteiger partial charge in [0.25, 0.3) is 0 Å². The van der Waals surface area contributed by atoms with E-state index in [1.54, 1.807) is 6.33 Å². The zero-order chi connectivity index (χ0) is 13.0. The first-order chi connectivity index (χ1) is 8.66. The molecular weight excluding hydrogens is 246 g/mol. The van der Waals surface area contributed by atoms with E-state index >= 15 is 0 Å². The fourth-order valence-corrected chi connectivity index (χ4v) is 2.12. The van der Waals surface area contributed by atoms with E-state index in [1.165, 1.54) is 5.56 Å². The van der Waals surface area contributed by atoms with Gasteiger partial charge in [-0.2, -0.15) is 0 Å². The molecule has 1 heterocycles. The minimum atomic E-state index is 0.362. The maximum absolute atomic E-state index is 6.15. The van der Waals surface area contributed by atoms with Crippen LogP contribution in [0.25, 0.3) is 0 Å². The van der Waals surface area contributed by atoms with Gasteiger partial charge in [0.1, 0.15) is 0 Å². The number of nitrogens with one attached hydrogen (secondary N) is 2. The molecule has 0 bridgehead atoms. The zero-order valence-electron chi connectivity index (χ0n) is 10.7. The van der Waals surface area contributed by atoms with Gasteiger partial charge in [-0.3, -0.25) is 0 Å². The van der Waals surface area contributed by atoms with Crippen LogP contribution in [0, 0.1) is 6.92 Å². The number of imidazole rings is 1. The predicted octanol–water partition coefficient (Wildman–Crippen LogP) is 3.09. The Morgan fingerprint density at radius 1 is 1.39 bits per heavy atom. The van der Waals surface area contributed by atoms with Gasteiger partial charge in [-0.15, -0.1) is 0 Å². The summed E-state index contributed by atoms with van der Waals surface area (Å²) < 4.78 is 0. The summed E-state index contributed by atoms with van der Waals surface area (Å²) in [4.78, 5) is 7.35. The van der Waals surface area contributed by atoms with Crippen molar-refractivity contribution in [2.75, 3.05) is 0 Å². The van der Waals surface area contributed by atoms with Crippen molar-refractivity contribution in [2.45, 2.75) is 32.9 Å². The molecule has 0 fully saturated rings. The Labute approximate surface area is 113 Å². The number of aromatic nitrogens is 2. The first-order valence-electron chi connectivity index (χ1n) is 6.12. The smallest absolute Gasteiger partial charge is 0.0925 e. The van der Waals surface area contributed by atoms with Crippen molar-refractivity contribution < 1.29 is 0 Å². The Morgan fingerprint density at radius 3 is 2.83 bits per heavy atom. The molecule has 4 heteroatoms. The van der Waals surface area contributed by atoms with E-state index in [1.807, 2.05) is 25.1 Å². The lowest BCUT2D eigenvalue weighted by Gasteiger charge is -2.14. The van der Waals surface area contributed by atoms with Crippen molar-refractivity contribution >= 4 is 11.6 Å². The van der Waals surface area contributed by atoms with Crippen LogP contribution in [-0.2, 0) is 13.0 Å². The molecule has 0 radical (unpaired) electrons. The number of aryl methyl sites for hydroxylation is 1. The summed E-state index contributed by atoms with van der Waals surface area (Å²) >= 11 is 6.15. The van der Waals surface area contributed by atoms with E-state index in [0.29, 0.717) is 6.04 Å². The molecule has 18 heavy (non-hydrogen) atoms. The summed E-state index contributed by atoms with van der Waals surface area (Å²) in [6, 6.07) is 8.34. The molecule has 2 rings (SSSR count). The summed E-state index contributed by atoms with van der Waals surface area (Å²) in [6.45, 7) is 4.97. The lowest BCUT2D eigenvalue weighted by atomic mass is 10.1. The third-order valence-electron chi connectivity index (χ3n) is 3.04. The van der Waals surface area contributed by atoms with Gasteiger partial charge in [-0.05, 0) is 31.9 Å². The van der Waals surface area contributed by atoms with Crippen molar-refractivity contribution in [3.05, 3.63) is 52.6 Å². The fraction of sp³-hybridized carbons (Fsp3) is 0.357. The molecule has 0 aliphatic rings. The molecule has 3 nitrogen and oxygen atoms in total. The first kappa shape index (κ1) is 13.1. The molecule has 1 aromatic carbocycles. The van der Waals surface area contributed by atoms with Crippen LogP contribution in [-0.4, -0.2) is 16.0 Å². The number of hydrogen-bond donors (Lipinski definition) is 2. The van der Waals surface area contributed by atoms with Crippen LogP contribution in [0.1, 0.15) is 23.9 Å². The highest BCUT2D eigenvalue weighted by atomic mass is 35.5. The van der Waals surface area contributed by atoms with Crippen LogP contribution in [0.4, 0.5) is 0 Å². The average molecular weight is 264 g/mol. The van der Waals surface area contributed by atoms with E-state index in [4.69, 9.17) is 11.6 Å². The van der Waals surface area contributed by atoms with Gasteiger partial charge in [0, 0.05) is 23.3 Å². The second-order valence-corrected chi connectivity index (χ2v) is 4.96. The molecule has 1 aromatic heterocycles. The highest BCUT2D eigenvalue weighted by Crippen LogP contribution is 2.16. The first-order valence-corrected chi connectivity index (χ1v) is 6.50. The summed E-state index contributed by atoms with van der Waals surface area (Å²) in [5, 5.41) is 4.30. The Morgan fingerprint density at radius 2 is 2.17 bits per heavy atom. The summed E-state index contributed by atoms with van der Waals surface area (Å²) in [6.07, 6.45) is 2.65. The Balaban J connectivity index is 1.88. The average Bonchev–Trinajstić information content (AvgIpc) is 2.75. The Hall–Kier alpha value is -1.32. The number of hydrogen-bond acceptors (Lipinski definition) is 2. The van der Waals surface area contributed by atoms with Crippen LogP contribution >= 0.6 is 11.6 Å². The largest absolute Gasteiger partial charge is 0.348 e. The number of halogens is 1. The number of H-pyrrole nitrogens is 1. The molecule has 0 saturated heterocycles. The van der Waals surface area contributed by atoms with Gasteiger partial charge < -0.3 is 10.3 Å². The molecule has 2 aromatic rings. The summed E-state index contributed by atoms with van der Waals surface area (Å²) in [5.74, 6) is 0. The Bertz CT molecular complexity index is 507. The second kappa shape index (κ2) is 6.03. The van der Waals surface area contributed by atoms with Crippen LogP contribution < -0.4 is 5.32 Å². The SMILES string of the molecule is Cc1[nH]cnc1CNC(C)Cc1ccccc1Cl. The topological polar surface area (TPSA) is 40.7 Å². The molecule has 2 N–H and O–H groups in total. The van der Waals surface area contributed by atoms with E-state index in [9.17, 15) is 0 Å². The molecular formula is C14H18ClN3. The van der Waals surface area contributed by atoms with Crippen molar-refractivity contribution in [2.24, 2.45) is 0 Å². The predicted molar refractivity (Wildman–Crippen MR) is 74.8 cm³/mol. The maximum Gasteiger partial charge on any atom is 0.0925 e. The third kappa shape index (κ3) is 3.34. The molecule has 0 spiro atoms. The van der Waals surface area contributed by atoms with Crippen molar-refractivity contribution in [3.63, 3.8) is 0 Å². The summed E-state index contributed by atoms with van der Waals surface area (Å²) in [7, 11) is 0. The monoisotopic (exact) mass is 263 g/mol. The molecule has 0 aliphatic heterocycles. The highest BCUT2D eigenvalue weighted by Gasteiger charge is 2.07. The maximum atomic E-state index is 6.15. The molecule has 0 amide bonds. The van der Waals surface area contributed by atoms with E-state index < -0.39 is 0 Å². The molecule has 0 aliphatic carbocycles. The molecule has 0 saturated carbocycles. The fourth-order valence-electron chi connectivity index (χ4n) is 1.90. The van der Waals surface area contributed by atoms with Crippen LogP contribution in [0.15, 0.2) is 30.6 Å². The van der Waals surface area contributed by atoms with Gasteiger partial charge in [-0.1, -0.05) is 29.8 Å². The van der Waals surface area contributed by atoms with Gasteiger partial charge in [-0.25, -0.2) is 4.98 Å². The number of nitrogens with zero attached hydrogens (tertiary/aromatic N) is 1. The van der Waals surface area contributed by atoms with Gasteiger partial charge in [0.05, 0.1) is 12.0 Å². The van der Waals surface area contributed by atoms with Gasteiger partial charge in [0.15, 0.2) is 0 Å². The van der Waals surface area contributed by atoms with Crippen LogP contribution in [0.2, 0.25) is 5.02 Å². The van der Waals surface area contributed by atoms with Crippen molar-refractivity contribution in [3.8, 4) is 0 Å². The van der Waals surface area contributed by atoms with Gasteiger partial charge >= 0.3 is 0 Å². The van der Waals surface area contributed by atoms with Crippen molar-refractivity contribution in [1.29, 1.82) is 0 Å². The van der Waals surface area contributed by atoms with Crippen LogP contribution in [0.5, 0.6) is 0 Å². The molecule has 1 atom stereocenters. The lowest BCUT2D eigenvalue weighted by Crippen LogP contribution is -2.28. The zero-order valence-corrected chi connectivity index (χ0v) is 11.5. The summed E-state index contributed by atoms with van der Waals surface area (Å²) in [5.41, 5.74) is 3.37. The van der Waals surface area contributed by atoms with E-state index in [2.05, 4.69) is 28.3 Å². The van der Waals surface area contributed by atoms with Crippen molar-refractivity contribution in [1.82, 2.24) is 15.3 Å². The van der Waals surface area contributed by atoms with Crippen LogP contribution in [0.3, 0.4) is 0 Å². The minimum absolute atomic E-state index is 0.362. The highest BCUT2D eigenvalue weighted by molar-refractivity contribution is 6.31. The number of rotatable bonds is 5. The molecule has 1 unspecified atom stereocenters. The molecule has 96 valence electrons. The third-order valence-corrected chi connectivity index (χ3v) is 3.40.